The summed E-state index contributed by atoms with van der Waals surface area (Å²) in [6, 6.07) is 0. The van der Waals surface area contributed by atoms with Gasteiger partial charge < -0.3 is 9.47 Å². The molecule has 0 aromatic heterocycles. The standard InChI is InChI=1S/C20H38O7S.Li.H/c1-5-9-11-16(7-3)14-26-19(21)13-18(28(23,24)25)20(22)27-15-17(8-4)12-10-6-2;;/h16-18H,5-15H2,1-4H3,(H,23,24,25);;. The molecular formula is C20H39LiO7S. The SMILES string of the molecule is CCCCC(CC)COC(=O)CC(C(=O)OCC(CC)CCCC)S(=O)(=O)O.[LiH]. The van der Waals surface area contributed by atoms with Crippen LogP contribution in [-0.4, -0.2) is 62.2 Å². The van der Waals surface area contributed by atoms with Gasteiger partial charge >= 0.3 is 30.8 Å². The van der Waals surface area contributed by atoms with Gasteiger partial charge in [-0.25, -0.2) is 0 Å². The van der Waals surface area contributed by atoms with Gasteiger partial charge in [-0.15, -0.1) is 0 Å². The number of hydrogen-bond acceptors (Lipinski definition) is 6. The van der Waals surface area contributed by atoms with Crippen LogP contribution in [0.2, 0.25) is 0 Å². The van der Waals surface area contributed by atoms with Gasteiger partial charge in [0.2, 0.25) is 0 Å². The van der Waals surface area contributed by atoms with Crippen LogP contribution in [0.5, 0.6) is 0 Å². The van der Waals surface area contributed by atoms with Gasteiger partial charge in [0.05, 0.1) is 19.6 Å². The molecule has 3 unspecified atom stereocenters. The number of hydrogen-bond donors (Lipinski definition) is 1. The molecule has 0 aliphatic carbocycles. The molecule has 0 aliphatic rings. The zero-order valence-corrected chi connectivity index (χ0v) is 18.6. The third kappa shape index (κ3) is 14.1. The molecule has 3 atom stereocenters. The van der Waals surface area contributed by atoms with Crippen molar-refractivity contribution in [2.75, 3.05) is 13.2 Å². The summed E-state index contributed by atoms with van der Waals surface area (Å²) in [5.41, 5.74) is 0. The molecule has 0 rings (SSSR count). The first-order valence-electron chi connectivity index (χ1n) is 10.5. The fraction of sp³-hybridized carbons (Fsp3) is 0.900. The first-order chi connectivity index (χ1) is 13.2. The van der Waals surface area contributed by atoms with Crippen molar-refractivity contribution < 1.29 is 32.0 Å². The summed E-state index contributed by atoms with van der Waals surface area (Å²) in [5, 5.41) is -1.95. The summed E-state index contributed by atoms with van der Waals surface area (Å²) in [4.78, 5) is 24.2. The van der Waals surface area contributed by atoms with Crippen LogP contribution in [0.25, 0.3) is 0 Å². The molecule has 0 fully saturated rings. The van der Waals surface area contributed by atoms with E-state index in [0.29, 0.717) is 0 Å². The summed E-state index contributed by atoms with van der Waals surface area (Å²) in [6.45, 7) is 8.35. The van der Waals surface area contributed by atoms with Gasteiger partial charge in [0.15, 0.2) is 5.25 Å². The minimum absolute atomic E-state index is 0. The van der Waals surface area contributed by atoms with E-state index in [0.717, 1.165) is 51.4 Å². The van der Waals surface area contributed by atoms with Crippen LogP contribution in [0.4, 0.5) is 0 Å². The second-order valence-corrected chi connectivity index (χ2v) is 8.95. The zero-order chi connectivity index (χ0) is 21.6. The Morgan fingerprint density at radius 1 is 0.862 bits per heavy atom. The van der Waals surface area contributed by atoms with E-state index in [1.54, 1.807) is 0 Å². The molecule has 168 valence electrons. The molecule has 1 N–H and O–H groups in total. The van der Waals surface area contributed by atoms with Crippen molar-refractivity contribution >= 4 is 40.9 Å². The Balaban J connectivity index is 0. The number of ether oxygens (including phenoxy) is 2. The van der Waals surface area contributed by atoms with Gasteiger partial charge in [-0.3, -0.25) is 14.1 Å². The first kappa shape index (κ1) is 30.6. The second-order valence-electron chi connectivity index (χ2n) is 7.35. The summed E-state index contributed by atoms with van der Waals surface area (Å²) in [7, 11) is -4.76. The number of unbranched alkanes of at least 4 members (excludes halogenated alkanes) is 2. The van der Waals surface area contributed by atoms with E-state index in [4.69, 9.17) is 9.47 Å². The molecule has 0 spiro atoms. The molecular weight excluding hydrogens is 391 g/mol. The monoisotopic (exact) mass is 430 g/mol. The molecule has 0 heterocycles. The molecule has 0 bridgehead atoms. The molecule has 0 radical (unpaired) electrons. The van der Waals surface area contributed by atoms with Crippen LogP contribution in [0.3, 0.4) is 0 Å². The fourth-order valence-electron chi connectivity index (χ4n) is 2.82. The van der Waals surface area contributed by atoms with E-state index in [2.05, 4.69) is 13.8 Å². The van der Waals surface area contributed by atoms with Crippen LogP contribution in [-0.2, 0) is 29.2 Å². The Bertz CT molecular complexity index is 551. The van der Waals surface area contributed by atoms with E-state index in [1.165, 1.54) is 0 Å². The zero-order valence-electron chi connectivity index (χ0n) is 17.8. The minimum atomic E-state index is -4.76. The van der Waals surface area contributed by atoms with Gasteiger partial charge in [0, 0.05) is 0 Å². The van der Waals surface area contributed by atoms with E-state index in [9.17, 15) is 22.6 Å². The number of carbonyl (C=O) groups is 2. The summed E-state index contributed by atoms with van der Waals surface area (Å²) >= 11 is 0. The van der Waals surface area contributed by atoms with Crippen molar-refractivity contribution in [3.05, 3.63) is 0 Å². The van der Waals surface area contributed by atoms with E-state index >= 15 is 0 Å². The first-order valence-corrected chi connectivity index (χ1v) is 12.0. The molecule has 0 saturated carbocycles. The Kier molecular flexibility index (Phi) is 18.1. The maximum atomic E-state index is 12.2. The molecule has 0 amide bonds. The normalized spacial score (nSPS) is 14.4. The van der Waals surface area contributed by atoms with E-state index < -0.39 is 33.7 Å². The van der Waals surface area contributed by atoms with Crippen molar-refractivity contribution in [3.63, 3.8) is 0 Å². The average molecular weight is 431 g/mol. The van der Waals surface area contributed by atoms with Gasteiger partial charge in [-0.2, -0.15) is 8.42 Å². The number of rotatable bonds is 16. The number of esters is 2. The molecule has 0 aliphatic heterocycles. The fourth-order valence-corrected chi connectivity index (χ4v) is 3.48. The van der Waals surface area contributed by atoms with Crippen molar-refractivity contribution in [1.82, 2.24) is 0 Å². The Morgan fingerprint density at radius 3 is 1.69 bits per heavy atom. The average Bonchev–Trinajstić information content (AvgIpc) is 2.65. The maximum absolute atomic E-state index is 12.2. The van der Waals surface area contributed by atoms with Gasteiger partial charge in [0.25, 0.3) is 10.1 Å². The summed E-state index contributed by atoms with van der Waals surface area (Å²) in [5.74, 6) is -1.61. The summed E-state index contributed by atoms with van der Waals surface area (Å²) in [6.07, 6.45) is 6.74. The van der Waals surface area contributed by atoms with Crippen LogP contribution in [0.1, 0.15) is 85.5 Å². The molecule has 9 heteroatoms. The predicted octanol–water partition coefficient (Wildman–Crippen LogP) is 3.50. The third-order valence-corrected chi connectivity index (χ3v) is 6.08. The molecule has 29 heavy (non-hydrogen) atoms. The Hall–Kier alpha value is -0.553. The quantitative estimate of drug-likeness (QED) is 0.227. The third-order valence-electron chi connectivity index (χ3n) is 5.00. The van der Waals surface area contributed by atoms with Crippen molar-refractivity contribution in [1.29, 1.82) is 0 Å². The van der Waals surface area contributed by atoms with Crippen LogP contribution >= 0.6 is 0 Å². The summed E-state index contributed by atoms with van der Waals surface area (Å²) < 4.78 is 42.8. The molecule has 0 saturated heterocycles. The van der Waals surface area contributed by atoms with Crippen LogP contribution in [0.15, 0.2) is 0 Å². The van der Waals surface area contributed by atoms with E-state index in [-0.39, 0.29) is 43.9 Å². The Morgan fingerprint density at radius 2 is 1.31 bits per heavy atom. The second kappa shape index (κ2) is 17.2. The van der Waals surface area contributed by atoms with Crippen LogP contribution < -0.4 is 0 Å². The van der Waals surface area contributed by atoms with Crippen molar-refractivity contribution in [2.24, 2.45) is 11.8 Å². The van der Waals surface area contributed by atoms with Gasteiger partial charge in [-0.1, -0.05) is 66.2 Å². The van der Waals surface area contributed by atoms with Gasteiger partial charge in [-0.05, 0) is 24.7 Å². The molecule has 7 nitrogen and oxygen atoms in total. The van der Waals surface area contributed by atoms with E-state index in [1.807, 2.05) is 13.8 Å². The molecule has 0 aromatic rings. The van der Waals surface area contributed by atoms with Crippen molar-refractivity contribution in [3.8, 4) is 0 Å². The van der Waals surface area contributed by atoms with Gasteiger partial charge in [0.1, 0.15) is 0 Å². The Labute approximate surface area is 188 Å². The molecule has 0 aromatic carbocycles. The predicted molar refractivity (Wildman–Crippen MR) is 116 cm³/mol. The van der Waals surface area contributed by atoms with Crippen LogP contribution in [0, 0.1) is 11.8 Å². The number of carbonyl (C=O) groups excluding carboxylic acids is 2. The topological polar surface area (TPSA) is 107 Å². The van der Waals surface area contributed by atoms with Crippen molar-refractivity contribution in [2.45, 2.75) is 90.7 Å².